The zero-order chi connectivity index (χ0) is 14.7. The van der Waals surface area contributed by atoms with Gasteiger partial charge in [0.05, 0.1) is 0 Å². The summed E-state index contributed by atoms with van der Waals surface area (Å²) < 4.78 is 35.0. The molecule has 2 nitrogen and oxygen atoms in total. The number of hydrogen-bond donors (Lipinski definition) is 2. The molecule has 0 aromatic heterocycles. The van der Waals surface area contributed by atoms with Gasteiger partial charge in [0.15, 0.2) is 5.60 Å². The summed E-state index contributed by atoms with van der Waals surface area (Å²) in [5.74, 6) is 0. The SMILES string of the molecule is CC(C)(C)S(C)(C)C.CC(O)(CN)C(F)(F)F. The van der Waals surface area contributed by atoms with Crippen LogP contribution in [0.3, 0.4) is 0 Å². The average molecular weight is 277 g/mol. The Morgan fingerprint density at radius 2 is 1.24 bits per heavy atom. The molecule has 1 unspecified atom stereocenters. The molecule has 108 valence electrons. The number of alkyl halides is 3. The second-order valence-electron chi connectivity index (χ2n) is 5.93. The molecule has 0 amide bonds. The van der Waals surface area contributed by atoms with Crippen molar-refractivity contribution in [2.24, 2.45) is 5.73 Å². The monoisotopic (exact) mass is 277 g/mol. The standard InChI is InChI=1S/C7H18S.C4H8F3NO/c1-7(2,3)8(4,5)6;1-3(9,2-8)4(5,6)7/h1-6H3;9H,2,8H2,1H3. The van der Waals surface area contributed by atoms with Crippen LogP contribution in [0.15, 0.2) is 0 Å². The third kappa shape index (κ3) is 7.16. The molecular weight excluding hydrogens is 251 g/mol. The van der Waals surface area contributed by atoms with Crippen molar-refractivity contribution in [1.82, 2.24) is 0 Å². The van der Waals surface area contributed by atoms with Crippen LogP contribution in [-0.4, -0.2) is 46.9 Å². The minimum absolute atomic E-state index is 0.340. The highest BCUT2D eigenvalue weighted by Gasteiger charge is 2.48. The third-order valence-electron chi connectivity index (χ3n) is 2.85. The Hall–Kier alpha value is 0.0600. The smallest absolute Gasteiger partial charge is 0.380 e. The second-order valence-corrected chi connectivity index (χ2v) is 10.8. The van der Waals surface area contributed by atoms with Gasteiger partial charge in [-0.2, -0.15) is 13.2 Å². The fraction of sp³-hybridized carbons (Fsp3) is 1.00. The van der Waals surface area contributed by atoms with E-state index in [4.69, 9.17) is 5.11 Å². The number of rotatable bonds is 1. The molecule has 0 saturated carbocycles. The number of nitrogens with two attached hydrogens (primary N) is 1. The normalized spacial score (nSPS) is 17.9. The van der Waals surface area contributed by atoms with Gasteiger partial charge in [0.2, 0.25) is 0 Å². The molecule has 6 heteroatoms. The van der Waals surface area contributed by atoms with Crippen molar-refractivity contribution in [2.45, 2.75) is 44.2 Å². The summed E-state index contributed by atoms with van der Waals surface area (Å²) >= 11 is 0. The Labute approximate surface area is 104 Å². The van der Waals surface area contributed by atoms with E-state index in [0.29, 0.717) is 11.7 Å². The molecule has 0 fully saturated rings. The maximum atomic E-state index is 11.5. The highest BCUT2D eigenvalue weighted by molar-refractivity contribution is 8.33. The van der Waals surface area contributed by atoms with Gasteiger partial charge in [0.25, 0.3) is 0 Å². The molecule has 0 aliphatic rings. The molecule has 0 aromatic carbocycles. The average Bonchev–Trinajstić information content (AvgIpc) is 1.99. The van der Waals surface area contributed by atoms with E-state index >= 15 is 0 Å². The molecule has 3 N–H and O–H groups in total. The van der Waals surface area contributed by atoms with Gasteiger partial charge < -0.3 is 10.8 Å². The largest absolute Gasteiger partial charge is 0.418 e. The minimum Gasteiger partial charge on any atom is -0.380 e. The van der Waals surface area contributed by atoms with Crippen molar-refractivity contribution in [1.29, 1.82) is 0 Å². The Balaban J connectivity index is 0. The van der Waals surface area contributed by atoms with Crippen molar-refractivity contribution in [3.63, 3.8) is 0 Å². The maximum Gasteiger partial charge on any atom is 0.418 e. The van der Waals surface area contributed by atoms with Crippen LogP contribution >= 0.6 is 10.0 Å². The van der Waals surface area contributed by atoms with Gasteiger partial charge in [0, 0.05) is 6.54 Å². The topological polar surface area (TPSA) is 46.2 Å². The van der Waals surface area contributed by atoms with E-state index < -0.39 is 18.3 Å². The summed E-state index contributed by atoms with van der Waals surface area (Å²) in [7, 11) is -0.340. The summed E-state index contributed by atoms with van der Waals surface area (Å²) in [6.07, 6.45) is 2.44. The van der Waals surface area contributed by atoms with Crippen LogP contribution in [0.4, 0.5) is 13.2 Å². The highest BCUT2D eigenvalue weighted by atomic mass is 32.3. The van der Waals surface area contributed by atoms with Gasteiger partial charge >= 0.3 is 6.18 Å². The summed E-state index contributed by atoms with van der Waals surface area (Å²) in [4.78, 5) is 0. The van der Waals surface area contributed by atoms with E-state index in [9.17, 15) is 13.2 Å². The van der Waals surface area contributed by atoms with Gasteiger partial charge in [-0.05, 0) is 30.4 Å². The summed E-state index contributed by atoms with van der Waals surface area (Å²) in [6.45, 7) is 6.75. The van der Waals surface area contributed by atoms with Gasteiger partial charge in [-0.15, -0.1) is 0 Å². The van der Waals surface area contributed by atoms with Crippen molar-refractivity contribution in [3.8, 4) is 0 Å². The lowest BCUT2D eigenvalue weighted by Crippen LogP contribution is -2.48. The Morgan fingerprint density at radius 1 is 1.00 bits per heavy atom. The maximum absolute atomic E-state index is 11.5. The first-order valence-electron chi connectivity index (χ1n) is 5.23. The molecule has 0 aromatic rings. The van der Waals surface area contributed by atoms with Gasteiger partial charge in [-0.3, -0.25) is 0 Å². The lowest BCUT2D eigenvalue weighted by atomic mass is 10.1. The Morgan fingerprint density at radius 3 is 1.24 bits per heavy atom. The first kappa shape index (κ1) is 19.4. The van der Waals surface area contributed by atoms with Crippen molar-refractivity contribution in [2.75, 3.05) is 25.3 Å². The molecule has 0 spiro atoms. The number of aliphatic hydroxyl groups is 1. The van der Waals surface area contributed by atoms with E-state index in [1.54, 1.807) is 0 Å². The summed E-state index contributed by atoms with van der Waals surface area (Å²) in [5, 5.41) is 8.41. The fourth-order valence-corrected chi connectivity index (χ4v) is 0.116. The lowest BCUT2D eigenvalue weighted by Gasteiger charge is -2.40. The zero-order valence-electron chi connectivity index (χ0n) is 11.8. The van der Waals surface area contributed by atoms with Crippen LogP contribution in [0.25, 0.3) is 0 Å². The quantitative estimate of drug-likeness (QED) is 0.774. The van der Waals surface area contributed by atoms with E-state index in [1.165, 1.54) is 0 Å². The van der Waals surface area contributed by atoms with E-state index in [0.717, 1.165) is 0 Å². The highest BCUT2D eigenvalue weighted by Crippen LogP contribution is 2.48. The summed E-state index contributed by atoms with van der Waals surface area (Å²) in [5.41, 5.74) is 1.88. The van der Waals surface area contributed by atoms with Crippen LogP contribution in [0.5, 0.6) is 0 Å². The third-order valence-corrected chi connectivity index (χ3v) is 6.52. The molecule has 0 bridgehead atoms. The molecule has 17 heavy (non-hydrogen) atoms. The first-order chi connectivity index (χ1) is 7.06. The van der Waals surface area contributed by atoms with Crippen molar-refractivity contribution in [3.05, 3.63) is 0 Å². The predicted octanol–water partition coefficient (Wildman–Crippen LogP) is 2.74. The fourth-order valence-electron chi connectivity index (χ4n) is 0.116. The zero-order valence-corrected chi connectivity index (χ0v) is 12.6. The number of halogens is 3. The van der Waals surface area contributed by atoms with Crippen LogP contribution < -0.4 is 5.73 Å². The molecule has 0 saturated heterocycles. The predicted molar refractivity (Wildman–Crippen MR) is 70.8 cm³/mol. The molecule has 1 atom stereocenters. The van der Waals surface area contributed by atoms with Crippen LogP contribution in [0.2, 0.25) is 0 Å². The lowest BCUT2D eigenvalue weighted by molar-refractivity contribution is -0.248. The van der Waals surface area contributed by atoms with Gasteiger partial charge in [0.1, 0.15) is 0 Å². The van der Waals surface area contributed by atoms with Crippen molar-refractivity contribution >= 4 is 10.0 Å². The Kier molecular flexibility index (Phi) is 6.62. The molecule has 0 aliphatic carbocycles. The number of hydrogen-bond acceptors (Lipinski definition) is 2. The first-order valence-corrected chi connectivity index (χ1v) is 8.09. The minimum atomic E-state index is -4.62. The Bertz CT molecular complexity index is 214. The van der Waals surface area contributed by atoms with E-state index in [-0.39, 0.29) is 10.0 Å². The van der Waals surface area contributed by atoms with Crippen LogP contribution in [-0.2, 0) is 0 Å². The second kappa shape index (κ2) is 5.80. The van der Waals surface area contributed by atoms with Crippen LogP contribution in [0, 0.1) is 0 Å². The molecule has 0 rings (SSSR count). The molecule has 0 aliphatic heterocycles. The van der Waals surface area contributed by atoms with Crippen LogP contribution in [0.1, 0.15) is 27.7 Å². The molecule has 0 heterocycles. The molecular formula is C11H26F3NOS. The summed E-state index contributed by atoms with van der Waals surface area (Å²) in [6, 6.07) is 0. The van der Waals surface area contributed by atoms with Gasteiger partial charge in [-0.25, -0.2) is 10.0 Å². The van der Waals surface area contributed by atoms with E-state index in [2.05, 4.69) is 45.3 Å². The van der Waals surface area contributed by atoms with Gasteiger partial charge in [-0.1, -0.05) is 20.8 Å². The molecule has 0 radical (unpaired) electrons. The van der Waals surface area contributed by atoms with E-state index in [1.807, 2.05) is 0 Å². The van der Waals surface area contributed by atoms with Crippen molar-refractivity contribution < 1.29 is 18.3 Å².